The molecule has 0 radical (unpaired) electrons. The van der Waals surface area contributed by atoms with Crippen molar-refractivity contribution < 1.29 is 0 Å². The molecule has 0 amide bonds. The van der Waals surface area contributed by atoms with Crippen LogP contribution in [0.2, 0.25) is 0 Å². The van der Waals surface area contributed by atoms with Crippen LogP contribution in [0.5, 0.6) is 0 Å². The van der Waals surface area contributed by atoms with Crippen LogP contribution >= 0.6 is 15.9 Å². The molecule has 0 aliphatic heterocycles. The van der Waals surface area contributed by atoms with Gasteiger partial charge in [-0.1, -0.05) is 35.7 Å². The van der Waals surface area contributed by atoms with Crippen LogP contribution in [-0.2, 0) is 0 Å². The van der Waals surface area contributed by atoms with Crippen LogP contribution in [0.4, 0.5) is 11.4 Å². The Hall–Kier alpha value is -1.29. The summed E-state index contributed by atoms with van der Waals surface area (Å²) >= 11 is 3.53. The molecule has 0 saturated heterocycles. The first-order chi connectivity index (χ1) is 9.65. The third kappa shape index (κ3) is 2.62. The number of nitrogens with zero attached hydrogens (tertiary/aromatic N) is 1. The van der Waals surface area contributed by atoms with Crippen molar-refractivity contribution in [2.24, 2.45) is 5.92 Å². The van der Waals surface area contributed by atoms with E-state index in [0.717, 1.165) is 26.8 Å². The maximum atomic E-state index is 6.16. The van der Waals surface area contributed by atoms with Gasteiger partial charge in [0.2, 0.25) is 0 Å². The molecule has 1 aromatic carbocycles. The van der Waals surface area contributed by atoms with Crippen molar-refractivity contribution in [1.82, 2.24) is 4.98 Å². The van der Waals surface area contributed by atoms with E-state index in [1.165, 1.54) is 25.7 Å². The monoisotopic (exact) mass is 333 g/mol. The number of aromatic nitrogens is 1. The van der Waals surface area contributed by atoms with E-state index in [0.29, 0.717) is 12.0 Å². The van der Waals surface area contributed by atoms with Crippen molar-refractivity contribution in [2.75, 3.05) is 11.1 Å². The van der Waals surface area contributed by atoms with Crippen LogP contribution in [0.15, 0.2) is 28.9 Å². The minimum absolute atomic E-state index is 0.510. The van der Waals surface area contributed by atoms with Gasteiger partial charge < -0.3 is 11.1 Å². The van der Waals surface area contributed by atoms with Crippen molar-refractivity contribution in [2.45, 2.75) is 38.6 Å². The van der Waals surface area contributed by atoms with Gasteiger partial charge in [0, 0.05) is 15.9 Å². The molecule has 1 aliphatic carbocycles. The Morgan fingerprint density at radius 3 is 2.90 bits per heavy atom. The highest BCUT2D eigenvalue weighted by molar-refractivity contribution is 9.10. The molecule has 2 aromatic rings. The van der Waals surface area contributed by atoms with Crippen molar-refractivity contribution >= 4 is 38.2 Å². The van der Waals surface area contributed by atoms with Crippen LogP contribution < -0.4 is 11.1 Å². The van der Waals surface area contributed by atoms with Gasteiger partial charge >= 0.3 is 0 Å². The fraction of sp³-hybridized carbons (Fsp3) is 0.438. The predicted octanol–water partition coefficient (Wildman–Crippen LogP) is 4.57. The molecule has 0 spiro atoms. The summed E-state index contributed by atoms with van der Waals surface area (Å²) in [5.74, 6) is 0.693. The Bertz CT molecular complexity index is 621. The summed E-state index contributed by atoms with van der Waals surface area (Å²) in [4.78, 5) is 4.41. The molecule has 2 unspecified atom stereocenters. The minimum atomic E-state index is 0.510. The van der Waals surface area contributed by atoms with Gasteiger partial charge in [0.25, 0.3) is 0 Å². The zero-order chi connectivity index (χ0) is 14.1. The largest absolute Gasteiger partial charge is 0.396 e. The number of rotatable bonds is 2. The van der Waals surface area contributed by atoms with Crippen molar-refractivity contribution in [3.05, 3.63) is 28.9 Å². The van der Waals surface area contributed by atoms with Gasteiger partial charge in [-0.15, -0.1) is 0 Å². The lowest BCUT2D eigenvalue weighted by Crippen LogP contribution is -2.30. The van der Waals surface area contributed by atoms with Gasteiger partial charge in [-0.2, -0.15) is 0 Å². The quantitative estimate of drug-likeness (QED) is 0.846. The average Bonchev–Trinajstić information content (AvgIpc) is 2.44. The minimum Gasteiger partial charge on any atom is -0.396 e. The van der Waals surface area contributed by atoms with E-state index in [1.54, 1.807) is 6.20 Å². The van der Waals surface area contributed by atoms with Crippen LogP contribution in [0, 0.1) is 5.92 Å². The molecule has 1 aromatic heterocycles. The molecular formula is C16H20BrN3. The van der Waals surface area contributed by atoms with Gasteiger partial charge in [-0.3, -0.25) is 4.98 Å². The van der Waals surface area contributed by atoms with Crippen molar-refractivity contribution in [3.63, 3.8) is 0 Å². The first kappa shape index (κ1) is 13.7. The second kappa shape index (κ2) is 5.60. The number of pyridine rings is 1. The molecule has 0 bridgehead atoms. The van der Waals surface area contributed by atoms with E-state index >= 15 is 0 Å². The molecule has 3 nitrogen and oxygen atoms in total. The summed E-state index contributed by atoms with van der Waals surface area (Å²) in [7, 11) is 0. The zero-order valence-corrected chi connectivity index (χ0v) is 13.3. The van der Waals surface area contributed by atoms with Gasteiger partial charge in [-0.05, 0) is 37.0 Å². The maximum absolute atomic E-state index is 6.16. The number of benzene rings is 1. The van der Waals surface area contributed by atoms with Gasteiger partial charge in [-0.25, -0.2) is 0 Å². The topological polar surface area (TPSA) is 50.9 Å². The van der Waals surface area contributed by atoms with Crippen LogP contribution in [0.3, 0.4) is 0 Å². The number of anilines is 2. The molecule has 106 valence electrons. The van der Waals surface area contributed by atoms with E-state index in [1.807, 2.05) is 12.1 Å². The number of nitrogens with two attached hydrogens (primary N) is 1. The number of halogens is 1. The Kier molecular flexibility index (Phi) is 3.83. The molecule has 1 aliphatic rings. The Morgan fingerprint density at radius 1 is 1.30 bits per heavy atom. The second-order valence-electron chi connectivity index (χ2n) is 5.76. The fourth-order valence-electron chi connectivity index (χ4n) is 3.06. The highest BCUT2D eigenvalue weighted by atomic mass is 79.9. The molecule has 2 atom stereocenters. The molecule has 1 fully saturated rings. The number of nitrogens with one attached hydrogen (secondary N) is 1. The number of hydrogen-bond acceptors (Lipinski definition) is 3. The maximum Gasteiger partial charge on any atom is 0.0743 e. The Morgan fingerprint density at radius 2 is 2.10 bits per heavy atom. The fourth-order valence-corrected chi connectivity index (χ4v) is 3.42. The molecule has 20 heavy (non-hydrogen) atoms. The van der Waals surface area contributed by atoms with E-state index < -0.39 is 0 Å². The van der Waals surface area contributed by atoms with E-state index in [2.05, 4.69) is 39.2 Å². The molecule has 1 saturated carbocycles. The third-order valence-electron chi connectivity index (χ3n) is 4.30. The van der Waals surface area contributed by atoms with Crippen LogP contribution in [-0.4, -0.2) is 11.0 Å². The first-order valence-electron chi connectivity index (χ1n) is 7.25. The molecule has 3 rings (SSSR count). The summed E-state index contributed by atoms with van der Waals surface area (Å²) in [6.07, 6.45) is 6.92. The molecular weight excluding hydrogens is 314 g/mol. The van der Waals surface area contributed by atoms with Crippen molar-refractivity contribution in [1.29, 1.82) is 0 Å². The number of hydrogen-bond donors (Lipinski definition) is 2. The molecule has 3 N–H and O–H groups in total. The highest BCUT2D eigenvalue weighted by Crippen LogP contribution is 2.34. The summed E-state index contributed by atoms with van der Waals surface area (Å²) in [6, 6.07) is 6.64. The van der Waals surface area contributed by atoms with Gasteiger partial charge in [0.15, 0.2) is 0 Å². The third-order valence-corrected chi connectivity index (χ3v) is 4.79. The molecule has 1 heterocycles. The molecule has 4 heteroatoms. The van der Waals surface area contributed by atoms with E-state index in [4.69, 9.17) is 5.73 Å². The lowest BCUT2D eigenvalue weighted by Gasteiger charge is -2.31. The average molecular weight is 334 g/mol. The normalized spacial score (nSPS) is 22.9. The zero-order valence-electron chi connectivity index (χ0n) is 11.7. The van der Waals surface area contributed by atoms with Crippen molar-refractivity contribution in [3.8, 4) is 0 Å². The summed E-state index contributed by atoms with van der Waals surface area (Å²) in [5.41, 5.74) is 8.91. The van der Waals surface area contributed by atoms with Crippen LogP contribution in [0.25, 0.3) is 10.9 Å². The summed E-state index contributed by atoms with van der Waals surface area (Å²) < 4.78 is 1.05. The number of nitrogen functional groups attached to an aromatic ring is 1. The summed E-state index contributed by atoms with van der Waals surface area (Å²) in [5, 5.41) is 4.78. The lowest BCUT2D eigenvalue weighted by atomic mass is 9.85. The Labute approximate surface area is 128 Å². The van der Waals surface area contributed by atoms with E-state index in [-0.39, 0.29) is 0 Å². The predicted molar refractivity (Wildman–Crippen MR) is 88.9 cm³/mol. The first-order valence-corrected chi connectivity index (χ1v) is 8.05. The van der Waals surface area contributed by atoms with E-state index in [9.17, 15) is 0 Å². The summed E-state index contributed by atoms with van der Waals surface area (Å²) in [6.45, 7) is 2.33. The lowest BCUT2D eigenvalue weighted by molar-refractivity contribution is 0.350. The SMILES string of the molecule is CC1CCCCC1Nc1c(N)cnc2ccc(Br)cc12. The smallest absolute Gasteiger partial charge is 0.0743 e. The Balaban J connectivity index is 2.01. The highest BCUT2D eigenvalue weighted by Gasteiger charge is 2.22. The van der Waals surface area contributed by atoms with Gasteiger partial charge in [0.1, 0.15) is 0 Å². The number of fused-ring (bicyclic) bond motifs is 1. The second-order valence-corrected chi connectivity index (χ2v) is 6.68. The van der Waals surface area contributed by atoms with Crippen LogP contribution in [0.1, 0.15) is 32.6 Å². The van der Waals surface area contributed by atoms with Gasteiger partial charge in [0.05, 0.1) is 23.1 Å². The standard InChI is InChI=1S/C16H20BrN3/c1-10-4-2-3-5-14(10)20-16-12-8-11(17)6-7-15(12)19-9-13(16)18/h6-10,14H,2-5,18H2,1H3,(H,19,20).